The normalized spacial score (nSPS) is 20.1. The van der Waals surface area contributed by atoms with Crippen LogP contribution in [0.1, 0.15) is 70.8 Å². The first kappa shape index (κ1) is 25.4. The third-order valence-electron chi connectivity index (χ3n) is 6.93. The molecule has 2 saturated carbocycles. The molecule has 2 heterocycles. The highest BCUT2D eigenvalue weighted by Gasteiger charge is 2.32. The lowest BCUT2D eigenvalue weighted by Gasteiger charge is -2.30. The van der Waals surface area contributed by atoms with Crippen molar-refractivity contribution < 1.29 is 23.4 Å². The van der Waals surface area contributed by atoms with E-state index in [0.29, 0.717) is 35.6 Å². The maximum atomic E-state index is 14.3. The Morgan fingerprint density at radius 3 is 2.65 bits per heavy atom. The Morgan fingerprint density at radius 2 is 1.95 bits per heavy atom. The average molecular weight is 511 g/mol. The summed E-state index contributed by atoms with van der Waals surface area (Å²) >= 11 is 0. The molecule has 1 aromatic carbocycles. The fourth-order valence-corrected chi connectivity index (χ4v) is 4.98. The molecule has 2 aliphatic carbocycles. The molecule has 1 amide bonds. The maximum absolute atomic E-state index is 14.3. The summed E-state index contributed by atoms with van der Waals surface area (Å²) in [6.45, 7) is 5.84. The molecule has 0 N–H and O–H groups in total. The highest BCUT2D eigenvalue weighted by Crippen LogP contribution is 2.43. The van der Waals surface area contributed by atoms with Gasteiger partial charge in [0.15, 0.2) is 11.5 Å². The van der Waals surface area contributed by atoms with E-state index in [1.54, 1.807) is 56.8 Å². The fourth-order valence-electron chi connectivity index (χ4n) is 4.98. The second kappa shape index (κ2) is 10.3. The number of anilines is 2. The number of ether oxygens (including phenoxy) is 3. The molecule has 2 fully saturated rings. The predicted octanol–water partition coefficient (Wildman–Crippen LogP) is 6.40. The lowest BCUT2D eigenvalue weighted by Crippen LogP contribution is -2.35. The Kier molecular flexibility index (Phi) is 7.07. The number of aromatic nitrogens is 3. The summed E-state index contributed by atoms with van der Waals surface area (Å²) in [7, 11) is 1.75. The van der Waals surface area contributed by atoms with Crippen molar-refractivity contribution in [1.29, 1.82) is 0 Å². The summed E-state index contributed by atoms with van der Waals surface area (Å²) in [6, 6.07) is 7.53. The van der Waals surface area contributed by atoms with Crippen LogP contribution in [0.4, 0.5) is 20.7 Å². The van der Waals surface area contributed by atoms with Gasteiger partial charge in [0.1, 0.15) is 11.4 Å². The first-order valence-corrected chi connectivity index (χ1v) is 13.1. The summed E-state index contributed by atoms with van der Waals surface area (Å²) in [5.74, 6) is 0.940. The van der Waals surface area contributed by atoms with Crippen LogP contribution in [0.5, 0.6) is 5.88 Å². The number of hydrogen-bond acceptors (Lipinski definition) is 6. The van der Waals surface area contributed by atoms with E-state index in [1.807, 2.05) is 0 Å². The van der Waals surface area contributed by atoms with Crippen LogP contribution in [0.2, 0.25) is 0 Å². The van der Waals surface area contributed by atoms with E-state index in [4.69, 9.17) is 19.2 Å². The Balaban J connectivity index is 1.58. The molecule has 0 saturated heterocycles. The highest BCUT2D eigenvalue weighted by molar-refractivity contribution is 5.95. The number of amides is 1. The van der Waals surface area contributed by atoms with Gasteiger partial charge in [-0.2, -0.15) is 14.6 Å². The van der Waals surface area contributed by atoms with Crippen molar-refractivity contribution >= 4 is 23.2 Å². The van der Waals surface area contributed by atoms with E-state index in [9.17, 15) is 9.18 Å². The molecule has 0 radical (unpaired) electrons. The number of carbonyl (C=O) groups is 1. The number of nitrogens with zero attached hydrogens (tertiary/aromatic N) is 4. The third kappa shape index (κ3) is 5.71. The highest BCUT2D eigenvalue weighted by atomic mass is 19.1. The number of rotatable bonds is 7. The number of halogens is 1. The number of hydrogen-bond donors (Lipinski definition) is 0. The number of carbonyl (C=O) groups excluding carboxylic acids is 1. The number of fused-ring (bicyclic) bond motifs is 1. The molecule has 37 heavy (non-hydrogen) atoms. The Morgan fingerprint density at radius 1 is 1.16 bits per heavy atom. The van der Waals surface area contributed by atoms with Crippen LogP contribution in [0.15, 0.2) is 36.5 Å². The largest absolute Gasteiger partial charge is 0.477 e. The summed E-state index contributed by atoms with van der Waals surface area (Å²) < 4.78 is 33.6. The second-order valence-corrected chi connectivity index (χ2v) is 11.0. The molecule has 8 nitrogen and oxygen atoms in total. The molecule has 0 aliphatic heterocycles. The van der Waals surface area contributed by atoms with E-state index in [-0.39, 0.29) is 12.0 Å². The Hall–Kier alpha value is -3.20. The Labute approximate surface area is 216 Å². The van der Waals surface area contributed by atoms with Crippen LogP contribution in [0.25, 0.3) is 5.65 Å². The molecule has 0 bridgehead atoms. The molecule has 9 heteroatoms. The smallest absolute Gasteiger partial charge is 0.420 e. The van der Waals surface area contributed by atoms with Gasteiger partial charge in [-0.25, -0.2) is 14.1 Å². The zero-order valence-electron chi connectivity index (χ0n) is 21.9. The fraction of sp³-hybridized carbons (Fsp3) is 0.536. The van der Waals surface area contributed by atoms with Gasteiger partial charge >= 0.3 is 6.09 Å². The van der Waals surface area contributed by atoms with Gasteiger partial charge < -0.3 is 14.2 Å². The van der Waals surface area contributed by atoms with E-state index in [0.717, 1.165) is 44.1 Å². The lowest BCUT2D eigenvalue weighted by molar-refractivity contribution is 0.00419. The molecular weight excluding hydrogens is 475 g/mol. The van der Waals surface area contributed by atoms with Crippen molar-refractivity contribution in [1.82, 2.24) is 14.6 Å². The monoisotopic (exact) mass is 510 g/mol. The predicted molar refractivity (Wildman–Crippen MR) is 138 cm³/mol. The topological polar surface area (TPSA) is 78.2 Å². The lowest BCUT2D eigenvalue weighted by atomic mass is 9.87. The van der Waals surface area contributed by atoms with Gasteiger partial charge in [0.25, 0.3) is 0 Å². The van der Waals surface area contributed by atoms with Gasteiger partial charge in [0.05, 0.1) is 24.6 Å². The molecule has 0 spiro atoms. The van der Waals surface area contributed by atoms with Crippen LogP contribution in [-0.2, 0) is 9.47 Å². The molecule has 198 valence electrons. The second-order valence-electron chi connectivity index (χ2n) is 11.0. The van der Waals surface area contributed by atoms with Crippen LogP contribution < -0.4 is 9.64 Å². The zero-order chi connectivity index (χ0) is 26.2. The van der Waals surface area contributed by atoms with E-state index in [2.05, 4.69) is 5.10 Å². The van der Waals surface area contributed by atoms with E-state index >= 15 is 0 Å². The molecule has 3 aromatic rings. The van der Waals surface area contributed by atoms with Crippen molar-refractivity contribution in [3.8, 4) is 5.88 Å². The summed E-state index contributed by atoms with van der Waals surface area (Å²) in [5.41, 5.74) is 1.21. The van der Waals surface area contributed by atoms with Crippen molar-refractivity contribution in [3.05, 3.63) is 47.9 Å². The molecule has 2 unspecified atom stereocenters. The van der Waals surface area contributed by atoms with Gasteiger partial charge in [-0.15, -0.1) is 0 Å². The minimum atomic E-state index is -0.756. The van der Waals surface area contributed by atoms with Gasteiger partial charge in [-0.05, 0) is 70.6 Å². The molecule has 5 rings (SSSR count). The molecule has 2 atom stereocenters. The van der Waals surface area contributed by atoms with Crippen LogP contribution >= 0.6 is 0 Å². The van der Waals surface area contributed by atoms with Crippen molar-refractivity contribution in [3.63, 3.8) is 0 Å². The standard InChI is InChI=1S/C28H35FN4O4/c1-28(2,3)37-27(34)32(21-10-7-9-20(29)14-21)25-15-24(36-17-19-8-5-6-11-23(19)35-4)31-26-22(18-12-13-18)16-30-33(25)26/h7,9-10,14-16,18-19,23H,5-6,8,11-13,17H2,1-4H3. The molecule has 2 aliphatic rings. The number of benzene rings is 1. The summed E-state index contributed by atoms with van der Waals surface area (Å²) in [4.78, 5) is 19.7. The van der Waals surface area contributed by atoms with Crippen molar-refractivity contribution in [2.75, 3.05) is 18.6 Å². The van der Waals surface area contributed by atoms with Crippen molar-refractivity contribution in [2.45, 2.75) is 76.9 Å². The van der Waals surface area contributed by atoms with Crippen LogP contribution in [0, 0.1) is 11.7 Å². The minimum Gasteiger partial charge on any atom is -0.477 e. The zero-order valence-corrected chi connectivity index (χ0v) is 21.9. The van der Waals surface area contributed by atoms with Gasteiger partial charge in [-0.3, -0.25) is 0 Å². The van der Waals surface area contributed by atoms with Crippen molar-refractivity contribution in [2.24, 2.45) is 5.92 Å². The number of methoxy groups -OCH3 is 1. The van der Waals surface area contributed by atoms with Gasteiger partial charge in [-0.1, -0.05) is 18.9 Å². The summed E-state index contributed by atoms with van der Waals surface area (Å²) in [5, 5.41) is 4.58. The maximum Gasteiger partial charge on any atom is 0.420 e. The van der Waals surface area contributed by atoms with Gasteiger partial charge in [0, 0.05) is 24.7 Å². The Bertz CT molecular complexity index is 1270. The SMILES string of the molecule is COC1CCCCC1COc1cc(N(C(=O)OC(C)(C)C)c2cccc(F)c2)n2ncc(C3CC3)c2n1. The first-order chi connectivity index (χ1) is 17.7. The average Bonchev–Trinajstić information content (AvgIpc) is 3.60. The van der Waals surface area contributed by atoms with E-state index < -0.39 is 17.5 Å². The van der Waals surface area contributed by atoms with Gasteiger partial charge in [0.2, 0.25) is 5.88 Å². The quantitative estimate of drug-likeness (QED) is 0.366. The van der Waals surface area contributed by atoms with E-state index in [1.165, 1.54) is 17.0 Å². The van der Waals surface area contributed by atoms with Crippen LogP contribution in [0.3, 0.4) is 0 Å². The minimum absolute atomic E-state index is 0.152. The molecular formula is C28H35FN4O4. The van der Waals surface area contributed by atoms with Crippen LogP contribution in [-0.4, -0.2) is 46.1 Å². The molecule has 2 aromatic heterocycles. The third-order valence-corrected chi connectivity index (χ3v) is 6.93. The first-order valence-electron chi connectivity index (χ1n) is 13.1. The summed E-state index contributed by atoms with van der Waals surface area (Å²) in [6.07, 6.45) is 7.79.